The Balaban J connectivity index is 1.81. The minimum Gasteiger partial charge on any atom is -0.480 e. The van der Waals surface area contributed by atoms with E-state index in [1.807, 2.05) is 0 Å². The van der Waals surface area contributed by atoms with Crippen LogP contribution < -0.4 is 14.8 Å². The number of ether oxygens (including phenoxy) is 1. The fourth-order valence-electron chi connectivity index (χ4n) is 3.27. The average Bonchev–Trinajstić information content (AvgIpc) is 3.31. The van der Waals surface area contributed by atoms with Crippen molar-refractivity contribution in [2.75, 3.05) is 11.3 Å². The number of aryl methyl sites for hydroxylation is 1. The van der Waals surface area contributed by atoms with Gasteiger partial charge < -0.3 is 15.2 Å². The number of aromatic nitrogens is 1. The number of benzene rings is 2. The zero-order valence-electron chi connectivity index (χ0n) is 18.7. The Hall–Kier alpha value is -2.70. The number of aliphatic carboxylic acids is 1. The summed E-state index contributed by atoms with van der Waals surface area (Å²) in [5.41, 5.74) is 0.673. The molecule has 3 N–H and O–H groups in total. The standard InChI is InChI=1S/C23H22Cl2FN3O5S2/c1-2-3-16(28-13-22(30)31)6-4-14-10-15(24)5-7-19(14)34-20-12-18(26)21(11-17(20)25)36(32,33)29-23-27-8-9-35-23/h2,5,7-12,16,28H,1,3-4,6,13H2,(H,27,29)(H,30,31). The largest absolute Gasteiger partial charge is 0.480 e. The Morgan fingerprint density at radius 1 is 1.28 bits per heavy atom. The van der Waals surface area contributed by atoms with Gasteiger partial charge in [-0.3, -0.25) is 9.52 Å². The second-order valence-electron chi connectivity index (χ2n) is 7.54. The van der Waals surface area contributed by atoms with Gasteiger partial charge in [0.25, 0.3) is 10.0 Å². The molecule has 1 aromatic heterocycles. The number of carboxylic acid groups (broad SMARTS) is 1. The van der Waals surface area contributed by atoms with E-state index in [1.165, 1.54) is 6.20 Å². The number of hydrogen-bond acceptors (Lipinski definition) is 7. The molecule has 0 aliphatic heterocycles. The molecule has 192 valence electrons. The zero-order chi connectivity index (χ0) is 26.3. The van der Waals surface area contributed by atoms with Crippen LogP contribution in [-0.2, 0) is 21.2 Å². The van der Waals surface area contributed by atoms with E-state index < -0.39 is 26.7 Å². The first kappa shape index (κ1) is 27.9. The van der Waals surface area contributed by atoms with Gasteiger partial charge in [0.05, 0.1) is 11.6 Å². The van der Waals surface area contributed by atoms with Crippen LogP contribution in [0.15, 0.2) is 59.5 Å². The Morgan fingerprint density at radius 3 is 2.72 bits per heavy atom. The highest BCUT2D eigenvalue weighted by molar-refractivity contribution is 7.93. The topological polar surface area (TPSA) is 118 Å². The van der Waals surface area contributed by atoms with Crippen LogP contribution in [0.2, 0.25) is 10.0 Å². The average molecular weight is 574 g/mol. The molecule has 0 spiro atoms. The van der Waals surface area contributed by atoms with Crippen molar-refractivity contribution in [3.8, 4) is 11.5 Å². The molecule has 1 heterocycles. The highest BCUT2D eigenvalue weighted by Crippen LogP contribution is 2.36. The maximum absolute atomic E-state index is 14.8. The van der Waals surface area contributed by atoms with Gasteiger partial charge in [-0.25, -0.2) is 17.8 Å². The molecule has 1 atom stereocenters. The fraction of sp³-hybridized carbons (Fsp3) is 0.217. The first-order valence-corrected chi connectivity index (χ1v) is 13.6. The van der Waals surface area contributed by atoms with Crippen molar-refractivity contribution < 1.29 is 27.4 Å². The van der Waals surface area contributed by atoms with Crippen molar-refractivity contribution in [1.29, 1.82) is 0 Å². The molecule has 0 amide bonds. The molecule has 8 nitrogen and oxygen atoms in total. The highest BCUT2D eigenvalue weighted by Gasteiger charge is 2.23. The van der Waals surface area contributed by atoms with Gasteiger partial charge >= 0.3 is 5.97 Å². The van der Waals surface area contributed by atoms with E-state index in [9.17, 15) is 17.6 Å². The Kier molecular flexibility index (Phi) is 9.69. The highest BCUT2D eigenvalue weighted by atomic mass is 35.5. The van der Waals surface area contributed by atoms with Crippen molar-refractivity contribution in [3.63, 3.8) is 0 Å². The maximum Gasteiger partial charge on any atom is 0.317 e. The molecule has 13 heteroatoms. The second kappa shape index (κ2) is 12.5. The number of thiazole rings is 1. The number of carboxylic acids is 1. The predicted molar refractivity (Wildman–Crippen MR) is 138 cm³/mol. The van der Waals surface area contributed by atoms with E-state index >= 15 is 0 Å². The third kappa shape index (κ3) is 7.65. The number of anilines is 1. The van der Waals surface area contributed by atoms with Gasteiger partial charge in [0.1, 0.15) is 22.2 Å². The molecule has 36 heavy (non-hydrogen) atoms. The van der Waals surface area contributed by atoms with Crippen LogP contribution in [0.1, 0.15) is 18.4 Å². The van der Waals surface area contributed by atoms with Crippen molar-refractivity contribution in [3.05, 3.63) is 76.0 Å². The molecule has 0 aliphatic rings. The number of carbonyl (C=O) groups is 1. The summed E-state index contributed by atoms with van der Waals surface area (Å²) in [6.45, 7) is 3.50. The molecule has 1 unspecified atom stereocenters. The Morgan fingerprint density at radius 2 is 2.06 bits per heavy atom. The van der Waals surface area contributed by atoms with E-state index in [1.54, 1.807) is 29.7 Å². The smallest absolute Gasteiger partial charge is 0.317 e. The summed E-state index contributed by atoms with van der Waals surface area (Å²) in [7, 11) is -4.27. The van der Waals surface area contributed by atoms with E-state index in [4.69, 9.17) is 33.0 Å². The third-order valence-electron chi connectivity index (χ3n) is 4.93. The molecule has 0 saturated carbocycles. The zero-order valence-corrected chi connectivity index (χ0v) is 21.9. The van der Waals surface area contributed by atoms with Crippen molar-refractivity contribution in [2.45, 2.75) is 30.2 Å². The maximum atomic E-state index is 14.8. The SMILES string of the molecule is C=CCC(CCc1cc(Cl)ccc1Oc1cc(F)c(S(=O)(=O)Nc2nccs2)cc1Cl)NCC(=O)O. The minimum absolute atomic E-state index is 0.0856. The molecule has 0 aliphatic carbocycles. The molecule has 3 aromatic rings. The second-order valence-corrected chi connectivity index (χ2v) is 10.9. The van der Waals surface area contributed by atoms with Crippen LogP contribution in [0.5, 0.6) is 11.5 Å². The lowest BCUT2D eigenvalue weighted by atomic mass is 10.0. The van der Waals surface area contributed by atoms with Crippen molar-refractivity contribution in [2.24, 2.45) is 0 Å². The minimum atomic E-state index is -4.27. The van der Waals surface area contributed by atoms with Crippen molar-refractivity contribution >= 4 is 55.7 Å². The fourth-order valence-corrected chi connectivity index (χ4v) is 5.60. The number of sulfonamides is 1. The van der Waals surface area contributed by atoms with E-state index in [-0.39, 0.29) is 28.5 Å². The summed E-state index contributed by atoms with van der Waals surface area (Å²) < 4.78 is 48.1. The summed E-state index contributed by atoms with van der Waals surface area (Å²) in [4.78, 5) is 14.1. The van der Waals surface area contributed by atoms with Gasteiger partial charge in [-0.05, 0) is 49.1 Å². The van der Waals surface area contributed by atoms with Crippen LogP contribution in [0.3, 0.4) is 0 Å². The van der Waals surface area contributed by atoms with Gasteiger partial charge in [-0.1, -0.05) is 29.3 Å². The summed E-state index contributed by atoms with van der Waals surface area (Å²) in [6.07, 6.45) is 4.64. The van der Waals surface area contributed by atoms with Crippen LogP contribution >= 0.6 is 34.5 Å². The molecule has 3 rings (SSSR count). The van der Waals surface area contributed by atoms with Gasteiger partial charge in [0.15, 0.2) is 5.13 Å². The number of hydrogen-bond donors (Lipinski definition) is 3. The lowest BCUT2D eigenvalue weighted by molar-refractivity contribution is -0.136. The third-order valence-corrected chi connectivity index (χ3v) is 7.63. The van der Waals surface area contributed by atoms with Crippen LogP contribution in [-0.4, -0.2) is 37.1 Å². The lowest BCUT2D eigenvalue weighted by Crippen LogP contribution is -2.33. The van der Waals surface area contributed by atoms with Crippen LogP contribution in [0.4, 0.5) is 9.52 Å². The predicted octanol–water partition coefficient (Wildman–Crippen LogP) is 5.73. The van der Waals surface area contributed by atoms with E-state index in [0.29, 0.717) is 35.6 Å². The molecule has 2 aromatic carbocycles. The number of rotatable bonds is 13. The van der Waals surface area contributed by atoms with Gasteiger partial charge in [0, 0.05) is 28.7 Å². The molecular weight excluding hydrogens is 552 g/mol. The van der Waals surface area contributed by atoms with Crippen LogP contribution in [0.25, 0.3) is 0 Å². The van der Waals surface area contributed by atoms with Gasteiger partial charge in [0.2, 0.25) is 0 Å². The molecule has 0 radical (unpaired) electrons. The monoisotopic (exact) mass is 573 g/mol. The summed E-state index contributed by atoms with van der Waals surface area (Å²) in [6, 6.07) is 6.57. The summed E-state index contributed by atoms with van der Waals surface area (Å²) in [5, 5.41) is 13.9. The summed E-state index contributed by atoms with van der Waals surface area (Å²) in [5.74, 6) is -1.77. The lowest BCUT2D eigenvalue weighted by Gasteiger charge is -2.18. The quantitative estimate of drug-likeness (QED) is 0.223. The summed E-state index contributed by atoms with van der Waals surface area (Å²) >= 11 is 13.5. The first-order valence-electron chi connectivity index (χ1n) is 10.5. The van der Waals surface area contributed by atoms with Gasteiger partial charge in [-0.2, -0.15) is 0 Å². The van der Waals surface area contributed by atoms with Crippen molar-refractivity contribution in [1.82, 2.24) is 10.3 Å². The number of halogens is 3. The number of nitrogens with one attached hydrogen (secondary N) is 2. The number of nitrogens with zero attached hydrogens (tertiary/aromatic N) is 1. The Bertz CT molecular complexity index is 1340. The molecule has 0 fully saturated rings. The molecular formula is C23H22Cl2FN3O5S2. The normalized spacial score (nSPS) is 12.2. The first-order chi connectivity index (χ1) is 17.1. The van der Waals surface area contributed by atoms with Gasteiger partial charge in [-0.15, -0.1) is 17.9 Å². The Labute approximate surface area is 221 Å². The van der Waals surface area contributed by atoms with E-state index in [0.717, 1.165) is 23.5 Å². The molecule has 0 bridgehead atoms. The van der Waals surface area contributed by atoms with E-state index in [2.05, 4.69) is 21.6 Å². The molecule has 0 saturated heterocycles. The van der Waals surface area contributed by atoms with Crippen LogP contribution in [0, 0.1) is 5.82 Å².